The van der Waals surface area contributed by atoms with Crippen molar-refractivity contribution in [3.8, 4) is 0 Å². The third-order valence-electron chi connectivity index (χ3n) is 6.04. The molecule has 1 saturated carbocycles. The van der Waals surface area contributed by atoms with Gasteiger partial charge < -0.3 is 10.6 Å². The predicted octanol–water partition coefficient (Wildman–Crippen LogP) is 4.31. The van der Waals surface area contributed by atoms with E-state index in [1.54, 1.807) is 6.07 Å². The van der Waals surface area contributed by atoms with E-state index < -0.39 is 35.3 Å². The molecule has 3 rings (SSSR count). The van der Waals surface area contributed by atoms with Crippen LogP contribution in [0.5, 0.6) is 0 Å². The summed E-state index contributed by atoms with van der Waals surface area (Å²) < 4.78 is 39.1. The van der Waals surface area contributed by atoms with E-state index in [1.165, 1.54) is 6.07 Å². The highest BCUT2D eigenvalue weighted by Gasteiger charge is 2.51. The smallest absolute Gasteiger partial charge is 0.349 e. The molecule has 2 N–H and O–H groups in total. The summed E-state index contributed by atoms with van der Waals surface area (Å²) in [6.45, 7) is 1.82. The zero-order valence-corrected chi connectivity index (χ0v) is 17.6. The number of hydrogen-bond donors (Lipinski definition) is 2. The van der Waals surface area contributed by atoms with Gasteiger partial charge in [-0.25, -0.2) is 4.79 Å². The summed E-state index contributed by atoms with van der Waals surface area (Å²) in [4.78, 5) is 38.7. The van der Waals surface area contributed by atoms with Gasteiger partial charge in [0, 0.05) is 13.0 Å². The Morgan fingerprint density at radius 3 is 2.58 bits per heavy atom. The third kappa shape index (κ3) is 5.19. The molecule has 1 aliphatic carbocycles. The SMILES string of the molecule is CCCC(NC(=O)CCN1C(=O)NC2(CCCCC2)C1=O)c1cccc(C(F)(F)F)c1. The number of alkyl halides is 3. The van der Waals surface area contributed by atoms with Crippen molar-refractivity contribution in [1.82, 2.24) is 15.5 Å². The van der Waals surface area contributed by atoms with E-state index in [9.17, 15) is 27.6 Å². The molecule has 2 aliphatic rings. The first kappa shape index (κ1) is 23.1. The summed E-state index contributed by atoms with van der Waals surface area (Å²) in [6.07, 6.45) is 0.552. The lowest BCUT2D eigenvalue weighted by Gasteiger charge is -2.30. The first-order valence-corrected chi connectivity index (χ1v) is 10.8. The lowest BCUT2D eigenvalue weighted by molar-refractivity contribution is -0.137. The molecule has 1 unspecified atom stereocenters. The Morgan fingerprint density at radius 1 is 1.23 bits per heavy atom. The van der Waals surface area contributed by atoms with Gasteiger partial charge in [-0.3, -0.25) is 14.5 Å². The van der Waals surface area contributed by atoms with Gasteiger partial charge in [0.2, 0.25) is 5.91 Å². The number of nitrogens with zero attached hydrogens (tertiary/aromatic N) is 1. The largest absolute Gasteiger partial charge is 0.416 e. The molecule has 1 saturated heterocycles. The second-order valence-electron chi connectivity index (χ2n) is 8.31. The van der Waals surface area contributed by atoms with Gasteiger partial charge in [-0.2, -0.15) is 13.2 Å². The molecule has 31 heavy (non-hydrogen) atoms. The summed E-state index contributed by atoms with van der Waals surface area (Å²) in [5, 5.41) is 5.56. The molecule has 0 aromatic heterocycles. The van der Waals surface area contributed by atoms with E-state index in [0.29, 0.717) is 31.2 Å². The van der Waals surface area contributed by atoms with E-state index in [0.717, 1.165) is 36.3 Å². The molecule has 1 spiro atoms. The molecule has 2 fully saturated rings. The standard InChI is InChI=1S/C22H28F3N3O3/c1-2-7-17(15-8-6-9-16(14-15)22(23,24)25)26-18(29)10-13-28-19(30)21(27-20(28)31)11-4-3-5-12-21/h6,8-9,14,17H,2-5,7,10-13H2,1H3,(H,26,29)(H,27,31). The van der Waals surface area contributed by atoms with Crippen LogP contribution in [0.3, 0.4) is 0 Å². The molecular formula is C22H28F3N3O3. The Kier molecular flexibility index (Phi) is 6.91. The van der Waals surface area contributed by atoms with Crippen LogP contribution < -0.4 is 10.6 Å². The Bertz CT molecular complexity index is 835. The van der Waals surface area contributed by atoms with Crippen LogP contribution in [0.2, 0.25) is 0 Å². The monoisotopic (exact) mass is 439 g/mol. The maximum Gasteiger partial charge on any atom is 0.416 e. The number of imide groups is 1. The molecule has 1 atom stereocenters. The average molecular weight is 439 g/mol. The highest BCUT2D eigenvalue weighted by Crippen LogP contribution is 2.34. The third-order valence-corrected chi connectivity index (χ3v) is 6.04. The fraction of sp³-hybridized carbons (Fsp3) is 0.591. The summed E-state index contributed by atoms with van der Waals surface area (Å²) in [5.41, 5.74) is -1.23. The molecular weight excluding hydrogens is 411 g/mol. The number of benzene rings is 1. The van der Waals surface area contributed by atoms with Gasteiger partial charge in [-0.1, -0.05) is 44.7 Å². The Hall–Kier alpha value is -2.58. The van der Waals surface area contributed by atoms with E-state index >= 15 is 0 Å². The lowest BCUT2D eigenvalue weighted by Crippen LogP contribution is -2.48. The van der Waals surface area contributed by atoms with Crippen molar-refractivity contribution in [2.45, 2.75) is 76.0 Å². The van der Waals surface area contributed by atoms with Gasteiger partial charge in [0.1, 0.15) is 5.54 Å². The summed E-state index contributed by atoms with van der Waals surface area (Å²) >= 11 is 0. The van der Waals surface area contributed by atoms with Crippen LogP contribution in [0.4, 0.5) is 18.0 Å². The van der Waals surface area contributed by atoms with Crippen molar-refractivity contribution in [2.75, 3.05) is 6.54 Å². The molecule has 1 heterocycles. The van der Waals surface area contributed by atoms with Crippen molar-refractivity contribution in [3.05, 3.63) is 35.4 Å². The number of urea groups is 1. The fourth-order valence-corrected chi connectivity index (χ4v) is 4.40. The van der Waals surface area contributed by atoms with E-state index in [4.69, 9.17) is 0 Å². The number of amides is 4. The molecule has 1 aliphatic heterocycles. The Labute approximate surface area is 179 Å². The van der Waals surface area contributed by atoms with Crippen molar-refractivity contribution in [2.24, 2.45) is 0 Å². The molecule has 1 aromatic carbocycles. The number of carbonyl (C=O) groups excluding carboxylic acids is 3. The second-order valence-corrected chi connectivity index (χ2v) is 8.31. The van der Waals surface area contributed by atoms with Gasteiger partial charge in [-0.05, 0) is 37.0 Å². The van der Waals surface area contributed by atoms with E-state index in [2.05, 4.69) is 10.6 Å². The maximum absolute atomic E-state index is 13.0. The molecule has 0 radical (unpaired) electrons. The number of nitrogens with one attached hydrogen (secondary N) is 2. The average Bonchev–Trinajstić information content (AvgIpc) is 2.95. The molecule has 6 nitrogen and oxygen atoms in total. The fourth-order valence-electron chi connectivity index (χ4n) is 4.40. The topological polar surface area (TPSA) is 78.5 Å². The van der Waals surface area contributed by atoms with Crippen LogP contribution in [0, 0.1) is 0 Å². The number of halogens is 3. The normalized spacial score (nSPS) is 19.4. The van der Waals surface area contributed by atoms with Gasteiger partial charge in [0.25, 0.3) is 5.91 Å². The zero-order valence-electron chi connectivity index (χ0n) is 17.6. The van der Waals surface area contributed by atoms with Gasteiger partial charge in [0.15, 0.2) is 0 Å². The minimum atomic E-state index is -4.46. The minimum Gasteiger partial charge on any atom is -0.349 e. The van der Waals surface area contributed by atoms with Crippen molar-refractivity contribution >= 4 is 17.8 Å². The Morgan fingerprint density at radius 2 is 1.94 bits per heavy atom. The van der Waals surface area contributed by atoms with Crippen LogP contribution in [-0.2, 0) is 15.8 Å². The first-order valence-electron chi connectivity index (χ1n) is 10.8. The van der Waals surface area contributed by atoms with Gasteiger partial charge >= 0.3 is 12.2 Å². The Balaban J connectivity index is 1.62. The summed E-state index contributed by atoms with van der Waals surface area (Å²) in [6, 6.07) is 3.86. The van der Waals surface area contributed by atoms with Crippen molar-refractivity contribution < 1.29 is 27.6 Å². The minimum absolute atomic E-state index is 0.0559. The van der Waals surface area contributed by atoms with Crippen molar-refractivity contribution in [3.63, 3.8) is 0 Å². The van der Waals surface area contributed by atoms with Gasteiger partial charge in [-0.15, -0.1) is 0 Å². The first-order chi connectivity index (χ1) is 14.7. The van der Waals surface area contributed by atoms with Crippen LogP contribution in [0.15, 0.2) is 24.3 Å². The highest BCUT2D eigenvalue weighted by molar-refractivity contribution is 6.07. The zero-order chi connectivity index (χ0) is 22.6. The van der Waals surface area contributed by atoms with Crippen molar-refractivity contribution in [1.29, 1.82) is 0 Å². The van der Waals surface area contributed by atoms with E-state index in [1.807, 2.05) is 6.92 Å². The molecule has 9 heteroatoms. The molecule has 0 bridgehead atoms. The summed E-state index contributed by atoms with van der Waals surface area (Å²) in [7, 11) is 0. The van der Waals surface area contributed by atoms with Crippen LogP contribution >= 0.6 is 0 Å². The quantitative estimate of drug-likeness (QED) is 0.622. The molecule has 4 amide bonds. The number of hydrogen-bond acceptors (Lipinski definition) is 3. The summed E-state index contributed by atoms with van der Waals surface area (Å²) in [5.74, 6) is -0.700. The molecule has 170 valence electrons. The van der Waals surface area contributed by atoms with E-state index in [-0.39, 0.29) is 18.9 Å². The highest BCUT2D eigenvalue weighted by atomic mass is 19.4. The van der Waals surface area contributed by atoms with Crippen LogP contribution in [0.25, 0.3) is 0 Å². The number of carbonyl (C=O) groups is 3. The number of rotatable bonds is 7. The molecule has 1 aromatic rings. The second kappa shape index (κ2) is 9.28. The van der Waals surface area contributed by atoms with Crippen LogP contribution in [0.1, 0.15) is 75.5 Å². The predicted molar refractivity (Wildman–Crippen MR) is 108 cm³/mol. The van der Waals surface area contributed by atoms with Gasteiger partial charge in [0.05, 0.1) is 11.6 Å². The van der Waals surface area contributed by atoms with Crippen LogP contribution in [-0.4, -0.2) is 34.8 Å². The lowest BCUT2D eigenvalue weighted by atomic mass is 9.82. The maximum atomic E-state index is 13.0.